The van der Waals surface area contributed by atoms with Crippen molar-refractivity contribution in [3.05, 3.63) is 17.5 Å². The van der Waals surface area contributed by atoms with Crippen molar-refractivity contribution in [1.82, 2.24) is 14.7 Å². The van der Waals surface area contributed by atoms with Gasteiger partial charge in [0, 0.05) is 39.5 Å². The van der Waals surface area contributed by atoms with E-state index < -0.39 is 5.97 Å². The highest BCUT2D eigenvalue weighted by molar-refractivity contribution is 5.88. The van der Waals surface area contributed by atoms with Crippen LogP contribution in [0.3, 0.4) is 0 Å². The van der Waals surface area contributed by atoms with Gasteiger partial charge in [-0.2, -0.15) is 5.10 Å². The number of aromatic carboxylic acids is 1. The van der Waals surface area contributed by atoms with Crippen LogP contribution in [0.1, 0.15) is 28.9 Å². The lowest BCUT2D eigenvalue weighted by Gasteiger charge is -2.25. The van der Waals surface area contributed by atoms with E-state index in [4.69, 9.17) is 5.11 Å². The maximum atomic E-state index is 11.1. The fourth-order valence-electron chi connectivity index (χ4n) is 2.00. The second-order valence-electron chi connectivity index (χ2n) is 4.25. The van der Waals surface area contributed by atoms with E-state index in [0.29, 0.717) is 38.2 Å². The Bertz CT molecular complexity index is 443. The van der Waals surface area contributed by atoms with Crippen LogP contribution in [0, 0.1) is 0 Å². The summed E-state index contributed by atoms with van der Waals surface area (Å²) < 4.78 is 1.58. The van der Waals surface area contributed by atoms with Crippen molar-refractivity contribution < 1.29 is 14.7 Å². The number of nitrogens with zero attached hydrogens (tertiary/aromatic N) is 3. The summed E-state index contributed by atoms with van der Waals surface area (Å²) in [7, 11) is 1.73. The van der Waals surface area contributed by atoms with Crippen molar-refractivity contribution in [2.24, 2.45) is 7.05 Å². The first-order valence-corrected chi connectivity index (χ1v) is 5.56. The predicted molar refractivity (Wildman–Crippen MR) is 59.7 cm³/mol. The fourth-order valence-corrected chi connectivity index (χ4v) is 2.00. The quantitative estimate of drug-likeness (QED) is 0.817. The average Bonchev–Trinajstić information content (AvgIpc) is 2.64. The van der Waals surface area contributed by atoms with E-state index in [1.54, 1.807) is 11.7 Å². The summed E-state index contributed by atoms with van der Waals surface area (Å²) in [6, 6.07) is 0. The smallest absolute Gasteiger partial charge is 0.339 e. The molecule has 1 aromatic rings. The Hall–Kier alpha value is -1.69. The zero-order valence-electron chi connectivity index (χ0n) is 9.72. The minimum atomic E-state index is -0.957. The van der Waals surface area contributed by atoms with Crippen molar-refractivity contribution in [3.63, 3.8) is 0 Å². The topological polar surface area (TPSA) is 75.4 Å². The van der Waals surface area contributed by atoms with Crippen molar-refractivity contribution in [2.45, 2.75) is 19.4 Å². The molecule has 0 atom stereocenters. The number of rotatable bonds is 3. The van der Waals surface area contributed by atoms with E-state index in [0.717, 1.165) is 0 Å². The molecule has 0 saturated carbocycles. The van der Waals surface area contributed by atoms with E-state index in [-0.39, 0.29) is 11.3 Å². The summed E-state index contributed by atoms with van der Waals surface area (Å²) in [4.78, 5) is 24.2. The number of likely N-dealkylation sites (tertiary alicyclic amines) is 1. The fraction of sp³-hybridized carbons (Fsp3) is 0.545. The SMILES string of the molecule is Cn1ncc(C(=O)O)c1CN1CCC(=O)CC1. The van der Waals surface area contributed by atoms with Gasteiger partial charge in [0.05, 0.1) is 11.9 Å². The number of carboxylic acid groups (broad SMARTS) is 1. The van der Waals surface area contributed by atoms with Crippen LogP contribution in [0.2, 0.25) is 0 Å². The van der Waals surface area contributed by atoms with Crippen LogP contribution in [-0.2, 0) is 18.4 Å². The van der Waals surface area contributed by atoms with Gasteiger partial charge in [-0.15, -0.1) is 0 Å². The highest BCUT2D eigenvalue weighted by Gasteiger charge is 2.21. The molecule has 0 unspecified atom stereocenters. The standard InChI is InChI=1S/C11H15N3O3/c1-13-10(9(6-12-13)11(16)17)7-14-4-2-8(15)3-5-14/h6H,2-5,7H2,1H3,(H,16,17). The molecule has 0 bridgehead atoms. The molecule has 17 heavy (non-hydrogen) atoms. The molecule has 0 amide bonds. The Kier molecular flexibility index (Phi) is 3.23. The summed E-state index contributed by atoms with van der Waals surface area (Å²) >= 11 is 0. The number of hydrogen-bond acceptors (Lipinski definition) is 4. The zero-order valence-corrected chi connectivity index (χ0v) is 9.72. The molecule has 6 nitrogen and oxygen atoms in total. The molecule has 1 aliphatic rings. The van der Waals surface area contributed by atoms with Gasteiger partial charge in [0.15, 0.2) is 0 Å². The number of carboxylic acids is 1. The first-order valence-electron chi connectivity index (χ1n) is 5.56. The van der Waals surface area contributed by atoms with Gasteiger partial charge in [0.2, 0.25) is 0 Å². The monoisotopic (exact) mass is 237 g/mol. The molecular weight excluding hydrogens is 222 g/mol. The second-order valence-corrected chi connectivity index (χ2v) is 4.25. The van der Waals surface area contributed by atoms with E-state index in [2.05, 4.69) is 10.00 Å². The third-order valence-corrected chi connectivity index (χ3v) is 3.08. The average molecular weight is 237 g/mol. The molecule has 0 spiro atoms. The number of carbonyl (C=O) groups is 2. The summed E-state index contributed by atoms with van der Waals surface area (Å²) in [5, 5.41) is 13.0. The van der Waals surface area contributed by atoms with Crippen molar-refractivity contribution in [2.75, 3.05) is 13.1 Å². The number of aryl methyl sites for hydroxylation is 1. The van der Waals surface area contributed by atoms with Gasteiger partial charge in [-0.25, -0.2) is 4.79 Å². The molecule has 0 aromatic carbocycles. The molecule has 0 aliphatic carbocycles. The molecule has 1 aromatic heterocycles. The molecule has 92 valence electrons. The molecule has 1 N–H and O–H groups in total. The number of aromatic nitrogens is 2. The first kappa shape index (κ1) is 11.8. The Morgan fingerprint density at radius 2 is 2.12 bits per heavy atom. The summed E-state index contributed by atoms with van der Waals surface area (Å²) in [6.45, 7) is 1.93. The van der Waals surface area contributed by atoms with Crippen molar-refractivity contribution in [1.29, 1.82) is 0 Å². The lowest BCUT2D eigenvalue weighted by atomic mass is 10.1. The van der Waals surface area contributed by atoms with E-state index >= 15 is 0 Å². The van der Waals surface area contributed by atoms with Gasteiger partial charge in [0.1, 0.15) is 11.3 Å². The normalized spacial score (nSPS) is 17.4. The maximum absolute atomic E-state index is 11.1. The molecule has 6 heteroatoms. The van der Waals surface area contributed by atoms with E-state index in [1.807, 2.05) is 0 Å². The van der Waals surface area contributed by atoms with Crippen LogP contribution in [0.25, 0.3) is 0 Å². The Morgan fingerprint density at radius 3 is 2.71 bits per heavy atom. The lowest BCUT2D eigenvalue weighted by Crippen LogP contribution is -2.34. The van der Waals surface area contributed by atoms with Crippen molar-refractivity contribution in [3.8, 4) is 0 Å². The highest BCUT2D eigenvalue weighted by atomic mass is 16.4. The molecule has 1 aliphatic heterocycles. The third kappa shape index (κ3) is 2.52. The van der Waals surface area contributed by atoms with Gasteiger partial charge in [-0.05, 0) is 0 Å². The van der Waals surface area contributed by atoms with Crippen LogP contribution in [0.15, 0.2) is 6.20 Å². The summed E-state index contributed by atoms with van der Waals surface area (Å²) in [5.41, 5.74) is 0.927. The Labute approximate surface area is 98.8 Å². The Balaban J connectivity index is 2.10. The number of hydrogen-bond donors (Lipinski definition) is 1. The zero-order chi connectivity index (χ0) is 12.4. The van der Waals surface area contributed by atoms with Crippen LogP contribution in [0.4, 0.5) is 0 Å². The maximum Gasteiger partial charge on any atom is 0.339 e. The van der Waals surface area contributed by atoms with E-state index in [1.165, 1.54) is 6.20 Å². The number of carbonyl (C=O) groups excluding carboxylic acids is 1. The van der Waals surface area contributed by atoms with E-state index in [9.17, 15) is 9.59 Å². The minimum absolute atomic E-state index is 0.240. The summed E-state index contributed by atoms with van der Waals surface area (Å²) in [5.74, 6) is -0.675. The van der Waals surface area contributed by atoms with Gasteiger partial charge in [-0.3, -0.25) is 14.4 Å². The van der Waals surface area contributed by atoms with Gasteiger partial charge < -0.3 is 5.11 Å². The van der Waals surface area contributed by atoms with Gasteiger partial charge >= 0.3 is 5.97 Å². The predicted octanol–water partition coefficient (Wildman–Crippen LogP) is 0.283. The molecule has 2 rings (SSSR count). The largest absolute Gasteiger partial charge is 0.478 e. The molecule has 0 radical (unpaired) electrons. The number of Topliss-reactive ketones (excluding diaryl/α,β-unsaturated/α-hetero) is 1. The lowest BCUT2D eigenvalue weighted by molar-refractivity contribution is -0.121. The van der Waals surface area contributed by atoms with Gasteiger partial charge in [-0.1, -0.05) is 0 Å². The highest BCUT2D eigenvalue weighted by Crippen LogP contribution is 2.14. The van der Waals surface area contributed by atoms with Crippen molar-refractivity contribution >= 4 is 11.8 Å². The number of piperidine rings is 1. The number of ketones is 1. The van der Waals surface area contributed by atoms with Gasteiger partial charge in [0.25, 0.3) is 0 Å². The van der Waals surface area contributed by atoms with Crippen LogP contribution in [0.5, 0.6) is 0 Å². The minimum Gasteiger partial charge on any atom is -0.478 e. The first-order chi connectivity index (χ1) is 8.08. The second kappa shape index (κ2) is 4.67. The van der Waals surface area contributed by atoms with Crippen LogP contribution >= 0.6 is 0 Å². The van der Waals surface area contributed by atoms with Crippen LogP contribution < -0.4 is 0 Å². The Morgan fingerprint density at radius 1 is 1.47 bits per heavy atom. The molecule has 1 fully saturated rings. The summed E-state index contributed by atoms with van der Waals surface area (Å²) in [6.07, 6.45) is 2.48. The van der Waals surface area contributed by atoms with Crippen LogP contribution in [-0.4, -0.2) is 44.6 Å². The molecule has 2 heterocycles. The molecular formula is C11H15N3O3. The third-order valence-electron chi connectivity index (χ3n) is 3.08. The molecule has 1 saturated heterocycles.